The summed E-state index contributed by atoms with van der Waals surface area (Å²) in [5.74, 6) is 0.0279. The number of fused-ring (bicyclic) bond motifs is 4. The molecule has 0 unspecified atom stereocenters. The van der Waals surface area contributed by atoms with E-state index in [0.29, 0.717) is 5.11 Å². The molecule has 7 heteroatoms. The highest BCUT2D eigenvalue weighted by Gasteiger charge is 2.59. The van der Waals surface area contributed by atoms with E-state index in [1.807, 2.05) is 86.3 Å². The first-order valence-electron chi connectivity index (χ1n) is 10.8. The van der Waals surface area contributed by atoms with Gasteiger partial charge in [0.25, 0.3) is 0 Å². The van der Waals surface area contributed by atoms with Crippen molar-refractivity contribution in [2.24, 2.45) is 5.92 Å². The molecule has 168 valence electrons. The van der Waals surface area contributed by atoms with Crippen molar-refractivity contribution in [3.63, 3.8) is 0 Å². The quantitative estimate of drug-likeness (QED) is 0.422. The third-order valence-corrected chi connectivity index (χ3v) is 7.19. The molecular weight excluding hydrogens is 498 g/mol. The van der Waals surface area contributed by atoms with Crippen LogP contribution in [0.4, 0.5) is 11.4 Å². The standard InChI is InChI=1S/C26H24BrN3O2S/c1-15-9-11-20(16(2)13-15)28-24(31)22-23-19-14-17(27)10-12-21(19)32-26(22,3)30(25(33)29-23)18-7-5-4-6-8-18/h4-14,22-23H,1-3H3,(H,28,31)(H,29,33)/t22-,23-,26+/m1/s1. The molecule has 33 heavy (non-hydrogen) atoms. The second-order valence-electron chi connectivity index (χ2n) is 8.72. The minimum absolute atomic E-state index is 0.129. The maximum Gasteiger partial charge on any atom is 0.236 e. The first-order valence-corrected chi connectivity index (χ1v) is 12.0. The van der Waals surface area contributed by atoms with Gasteiger partial charge in [-0.15, -0.1) is 0 Å². The Balaban J connectivity index is 1.63. The molecule has 2 N–H and O–H groups in total. The maximum atomic E-state index is 13.9. The van der Waals surface area contributed by atoms with Crippen LogP contribution in [0.1, 0.15) is 29.7 Å². The maximum absolute atomic E-state index is 13.9. The van der Waals surface area contributed by atoms with Crippen molar-refractivity contribution in [3.8, 4) is 5.75 Å². The zero-order valence-corrected chi connectivity index (χ0v) is 21.0. The number of nitrogens with one attached hydrogen (secondary N) is 2. The molecule has 3 atom stereocenters. The predicted molar refractivity (Wildman–Crippen MR) is 139 cm³/mol. The zero-order chi connectivity index (χ0) is 23.3. The van der Waals surface area contributed by atoms with Crippen molar-refractivity contribution in [1.82, 2.24) is 5.32 Å². The lowest BCUT2D eigenvalue weighted by atomic mass is 9.78. The number of aryl methyl sites for hydroxylation is 2. The number of amides is 1. The average molecular weight is 522 g/mol. The van der Waals surface area contributed by atoms with Crippen molar-refractivity contribution in [2.45, 2.75) is 32.5 Å². The second-order valence-corrected chi connectivity index (χ2v) is 10.0. The molecular formula is C26H24BrN3O2S. The third kappa shape index (κ3) is 3.69. The van der Waals surface area contributed by atoms with E-state index in [-0.39, 0.29) is 11.9 Å². The van der Waals surface area contributed by atoms with Crippen molar-refractivity contribution >= 4 is 50.5 Å². The fourth-order valence-corrected chi connectivity index (χ4v) is 5.68. The average Bonchev–Trinajstić information content (AvgIpc) is 2.76. The number of para-hydroxylation sites is 1. The number of ether oxygens (including phenoxy) is 1. The summed E-state index contributed by atoms with van der Waals surface area (Å²) in [6, 6.07) is 21.3. The van der Waals surface area contributed by atoms with Gasteiger partial charge >= 0.3 is 0 Å². The van der Waals surface area contributed by atoms with Gasteiger partial charge in [0, 0.05) is 21.4 Å². The first kappa shape index (κ1) is 21.9. The van der Waals surface area contributed by atoms with Crippen LogP contribution in [0.3, 0.4) is 0 Å². The summed E-state index contributed by atoms with van der Waals surface area (Å²) in [7, 11) is 0. The van der Waals surface area contributed by atoms with Crippen LogP contribution in [0.15, 0.2) is 71.2 Å². The number of halogens is 1. The Morgan fingerprint density at radius 2 is 1.88 bits per heavy atom. The first-order chi connectivity index (χ1) is 15.8. The van der Waals surface area contributed by atoms with Crippen LogP contribution >= 0.6 is 28.1 Å². The van der Waals surface area contributed by atoms with E-state index in [1.54, 1.807) is 0 Å². The molecule has 0 aliphatic carbocycles. The highest BCUT2D eigenvalue weighted by molar-refractivity contribution is 9.10. The number of nitrogens with zero attached hydrogens (tertiary/aromatic N) is 1. The van der Waals surface area contributed by atoms with Gasteiger partial charge in [0.05, 0.1) is 6.04 Å². The monoisotopic (exact) mass is 521 g/mol. The summed E-state index contributed by atoms with van der Waals surface area (Å²) in [6.07, 6.45) is 0. The van der Waals surface area contributed by atoms with Crippen LogP contribution in [-0.2, 0) is 4.79 Å². The minimum Gasteiger partial charge on any atom is -0.467 e. The van der Waals surface area contributed by atoms with Gasteiger partial charge in [-0.2, -0.15) is 0 Å². The number of rotatable bonds is 3. The normalized spacial score (nSPS) is 23.3. The van der Waals surface area contributed by atoms with Crippen LogP contribution in [-0.4, -0.2) is 16.7 Å². The smallest absolute Gasteiger partial charge is 0.236 e. The Labute approximate surface area is 207 Å². The molecule has 0 spiro atoms. The highest BCUT2D eigenvalue weighted by Crippen LogP contribution is 2.50. The van der Waals surface area contributed by atoms with Crippen molar-refractivity contribution in [1.29, 1.82) is 0 Å². The fraction of sp³-hybridized carbons (Fsp3) is 0.231. The molecule has 2 aliphatic rings. The summed E-state index contributed by atoms with van der Waals surface area (Å²) in [4.78, 5) is 15.8. The van der Waals surface area contributed by atoms with Gasteiger partial charge in [-0.25, -0.2) is 0 Å². The SMILES string of the molecule is Cc1ccc(NC(=O)[C@H]2[C@@H]3NC(=S)N(c4ccccc4)[C@@]2(C)Oc2ccc(Br)cc23)c(C)c1. The Morgan fingerprint density at radius 1 is 1.12 bits per heavy atom. The Bertz CT molecular complexity index is 1270. The van der Waals surface area contributed by atoms with E-state index in [0.717, 1.165) is 38.3 Å². The number of hydrogen-bond acceptors (Lipinski definition) is 3. The molecule has 5 nitrogen and oxygen atoms in total. The fourth-order valence-electron chi connectivity index (χ4n) is 4.88. The molecule has 0 saturated carbocycles. The van der Waals surface area contributed by atoms with E-state index in [9.17, 15) is 4.79 Å². The largest absolute Gasteiger partial charge is 0.467 e. The van der Waals surface area contributed by atoms with Crippen molar-refractivity contribution in [3.05, 3.63) is 87.9 Å². The minimum atomic E-state index is -1.03. The third-order valence-electron chi connectivity index (χ3n) is 6.40. The van der Waals surface area contributed by atoms with Crippen LogP contribution in [0, 0.1) is 19.8 Å². The molecule has 2 bridgehead atoms. The number of anilines is 2. The van der Waals surface area contributed by atoms with Gasteiger partial charge in [0.2, 0.25) is 5.91 Å². The predicted octanol–water partition coefficient (Wildman–Crippen LogP) is 5.87. The summed E-state index contributed by atoms with van der Waals surface area (Å²) >= 11 is 9.35. The van der Waals surface area contributed by atoms with Crippen LogP contribution in [0.5, 0.6) is 5.75 Å². The van der Waals surface area contributed by atoms with Crippen LogP contribution in [0.2, 0.25) is 0 Å². The number of thiocarbonyl (C=S) groups is 1. The summed E-state index contributed by atoms with van der Waals surface area (Å²) in [6.45, 7) is 5.98. The molecule has 5 rings (SSSR count). The van der Waals surface area contributed by atoms with Crippen molar-refractivity contribution < 1.29 is 9.53 Å². The lowest BCUT2D eigenvalue weighted by Crippen LogP contribution is -2.72. The van der Waals surface area contributed by atoms with Crippen LogP contribution < -0.4 is 20.3 Å². The topological polar surface area (TPSA) is 53.6 Å². The van der Waals surface area contributed by atoms with E-state index in [4.69, 9.17) is 17.0 Å². The molecule has 1 amide bonds. The number of benzene rings is 3. The van der Waals surface area contributed by atoms with Gasteiger partial charge < -0.3 is 15.4 Å². The molecule has 1 saturated heterocycles. The molecule has 2 aliphatic heterocycles. The van der Waals surface area contributed by atoms with E-state index >= 15 is 0 Å². The molecule has 3 aromatic carbocycles. The van der Waals surface area contributed by atoms with Gasteiger partial charge in [0.1, 0.15) is 11.7 Å². The van der Waals surface area contributed by atoms with E-state index in [2.05, 4.69) is 32.6 Å². The van der Waals surface area contributed by atoms with E-state index < -0.39 is 11.6 Å². The van der Waals surface area contributed by atoms with Gasteiger partial charge in [-0.1, -0.05) is 51.8 Å². The van der Waals surface area contributed by atoms with E-state index in [1.165, 1.54) is 0 Å². The molecule has 1 fully saturated rings. The van der Waals surface area contributed by atoms with Gasteiger partial charge in [-0.3, -0.25) is 9.69 Å². The van der Waals surface area contributed by atoms with Gasteiger partial charge in [-0.05, 0) is 75.0 Å². The lowest BCUT2D eigenvalue weighted by Gasteiger charge is -2.56. The Kier molecular flexibility index (Phi) is 5.41. The molecule has 3 aromatic rings. The zero-order valence-electron chi connectivity index (χ0n) is 18.6. The summed E-state index contributed by atoms with van der Waals surface area (Å²) < 4.78 is 7.54. The lowest BCUT2D eigenvalue weighted by molar-refractivity contribution is -0.130. The number of carbonyl (C=O) groups is 1. The summed E-state index contributed by atoms with van der Waals surface area (Å²) in [5.41, 5.74) is 3.69. The molecule has 0 aromatic heterocycles. The number of hydrogen-bond donors (Lipinski definition) is 2. The highest BCUT2D eigenvalue weighted by atomic mass is 79.9. The van der Waals surface area contributed by atoms with Crippen molar-refractivity contribution in [2.75, 3.05) is 10.2 Å². The second kappa shape index (κ2) is 8.15. The Morgan fingerprint density at radius 3 is 2.61 bits per heavy atom. The Hall–Kier alpha value is -2.90. The molecule has 2 heterocycles. The summed E-state index contributed by atoms with van der Waals surface area (Å²) in [5, 5.41) is 7.12. The molecule has 0 radical (unpaired) electrons. The van der Waals surface area contributed by atoms with Crippen LogP contribution in [0.25, 0.3) is 0 Å². The number of carbonyl (C=O) groups excluding carboxylic acids is 1. The van der Waals surface area contributed by atoms with Gasteiger partial charge in [0.15, 0.2) is 10.8 Å².